The summed E-state index contributed by atoms with van der Waals surface area (Å²) in [5.41, 5.74) is 0.509. The SMILES string of the molecule is CC(C)C(NC(=O)C1CC(=O)N(c2ccc(F)cc2)C1)C(=O)N1CCCC1C(=O)O. The van der Waals surface area contributed by atoms with Gasteiger partial charge in [0.25, 0.3) is 0 Å². The third-order valence-corrected chi connectivity index (χ3v) is 5.69. The van der Waals surface area contributed by atoms with Crippen molar-refractivity contribution in [1.29, 1.82) is 0 Å². The highest BCUT2D eigenvalue weighted by Gasteiger charge is 2.41. The number of carboxylic acids is 1. The molecule has 3 unspecified atom stereocenters. The van der Waals surface area contributed by atoms with E-state index in [2.05, 4.69) is 5.32 Å². The van der Waals surface area contributed by atoms with Crippen LogP contribution < -0.4 is 10.2 Å². The minimum atomic E-state index is -1.05. The average molecular weight is 419 g/mol. The molecule has 3 atom stereocenters. The van der Waals surface area contributed by atoms with E-state index in [1.54, 1.807) is 13.8 Å². The summed E-state index contributed by atoms with van der Waals surface area (Å²) in [6.45, 7) is 4.03. The number of likely N-dealkylation sites (tertiary alicyclic amines) is 1. The molecule has 0 radical (unpaired) electrons. The standard InChI is InChI=1S/C21H26FN3O5/c1-12(2)18(20(28)24-9-3-4-16(24)21(29)30)23-19(27)13-10-17(26)25(11-13)15-7-5-14(22)6-8-15/h5-8,12-13,16,18H,3-4,9-11H2,1-2H3,(H,23,27)(H,29,30). The number of benzene rings is 1. The lowest BCUT2D eigenvalue weighted by Crippen LogP contribution is -2.54. The molecule has 3 rings (SSSR count). The highest BCUT2D eigenvalue weighted by Crippen LogP contribution is 2.26. The second-order valence-electron chi connectivity index (χ2n) is 8.14. The monoisotopic (exact) mass is 419 g/mol. The Bertz CT molecular complexity index is 842. The first-order valence-corrected chi connectivity index (χ1v) is 10.1. The van der Waals surface area contributed by atoms with Gasteiger partial charge in [0.15, 0.2) is 0 Å². The Morgan fingerprint density at radius 1 is 1.20 bits per heavy atom. The van der Waals surface area contributed by atoms with Crippen molar-refractivity contribution in [1.82, 2.24) is 10.2 Å². The summed E-state index contributed by atoms with van der Waals surface area (Å²) in [6.07, 6.45) is 0.985. The van der Waals surface area contributed by atoms with E-state index in [0.717, 1.165) is 0 Å². The van der Waals surface area contributed by atoms with Gasteiger partial charge in [-0.05, 0) is 43.0 Å². The summed E-state index contributed by atoms with van der Waals surface area (Å²) in [5, 5.41) is 12.1. The fourth-order valence-electron chi connectivity index (χ4n) is 4.00. The number of hydrogen-bond acceptors (Lipinski definition) is 4. The van der Waals surface area contributed by atoms with Gasteiger partial charge in [-0.25, -0.2) is 9.18 Å². The Labute approximate surface area is 174 Å². The Hall–Kier alpha value is -2.97. The minimum absolute atomic E-state index is 0.0102. The fraction of sp³-hybridized carbons (Fsp3) is 0.524. The summed E-state index contributed by atoms with van der Waals surface area (Å²) in [6, 6.07) is 3.71. The van der Waals surface area contributed by atoms with Crippen LogP contribution in [0.15, 0.2) is 24.3 Å². The number of aliphatic carboxylic acids is 1. The van der Waals surface area contributed by atoms with Crippen LogP contribution in [0.4, 0.5) is 10.1 Å². The van der Waals surface area contributed by atoms with Gasteiger partial charge in [0, 0.05) is 25.2 Å². The average Bonchev–Trinajstić information content (AvgIpc) is 3.33. The van der Waals surface area contributed by atoms with Gasteiger partial charge in [-0.2, -0.15) is 0 Å². The molecule has 0 saturated carbocycles. The predicted octanol–water partition coefficient (Wildman–Crippen LogP) is 1.39. The first kappa shape index (κ1) is 21.7. The van der Waals surface area contributed by atoms with Crippen LogP contribution in [0.1, 0.15) is 33.1 Å². The van der Waals surface area contributed by atoms with Crippen molar-refractivity contribution in [2.45, 2.75) is 45.2 Å². The molecule has 2 heterocycles. The molecular weight excluding hydrogens is 393 g/mol. The third-order valence-electron chi connectivity index (χ3n) is 5.69. The van der Waals surface area contributed by atoms with Gasteiger partial charge in [-0.3, -0.25) is 14.4 Å². The molecule has 9 heteroatoms. The lowest BCUT2D eigenvalue weighted by Gasteiger charge is -2.30. The smallest absolute Gasteiger partial charge is 0.326 e. The van der Waals surface area contributed by atoms with Gasteiger partial charge in [0.05, 0.1) is 5.92 Å². The first-order valence-electron chi connectivity index (χ1n) is 10.1. The number of hydrogen-bond donors (Lipinski definition) is 2. The molecule has 30 heavy (non-hydrogen) atoms. The Kier molecular flexibility index (Phi) is 6.38. The quantitative estimate of drug-likeness (QED) is 0.725. The number of nitrogens with one attached hydrogen (secondary N) is 1. The molecule has 2 aliphatic heterocycles. The topological polar surface area (TPSA) is 107 Å². The molecule has 162 valence electrons. The van der Waals surface area contributed by atoms with Crippen molar-refractivity contribution < 1.29 is 28.7 Å². The largest absolute Gasteiger partial charge is 0.480 e. The number of carbonyl (C=O) groups excluding carboxylic acids is 3. The van der Waals surface area contributed by atoms with Gasteiger partial charge in [-0.1, -0.05) is 13.8 Å². The Morgan fingerprint density at radius 2 is 1.87 bits per heavy atom. The van der Waals surface area contributed by atoms with E-state index in [1.807, 2.05) is 0 Å². The van der Waals surface area contributed by atoms with Crippen LogP contribution in [0.3, 0.4) is 0 Å². The third kappa shape index (κ3) is 4.44. The number of carboxylic acid groups (broad SMARTS) is 1. The van der Waals surface area contributed by atoms with Crippen LogP contribution in [-0.2, 0) is 19.2 Å². The Balaban J connectivity index is 1.68. The molecule has 2 fully saturated rings. The molecule has 0 bridgehead atoms. The maximum absolute atomic E-state index is 13.1. The second kappa shape index (κ2) is 8.81. The van der Waals surface area contributed by atoms with Crippen molar-refractivity contribution in [3.63, 3.8) is 0 Å². The van der Waals surface area contributed by atoms with Crippen molar-refractivity contribution in [2.24, 2.45) is 11.8 Å². The summed E-state index contributed by atoms with van der Waals surface area (Å²) in [7, 11) is 0. The lowest BCUT2D eigenvalue weighted by molar-refractivity contribution is -0.150. The maximum Gasteiger partial charge on any atom is 0.326 e. The molecule has 3 amide bonds. The Morgan fingerprint density at radius 3 is 2.47 bits per heavy atom. The van der Waals surface area contributed by atoms with E-state index in [1.165, 1.54) is 34.1 Å². The van der Waals surface area contributed by atoms with E-state index in [0.29, 0.717) is 25.1 Å². The number of anilines is 1. The van der Waals surface area contributed by atoms with E-state index in [-0.39, 0.29) is 24.8 Å². The zero-order chi connectivity index (χ0) is 22.0. The van der Waals surface area contributed by atoms with Gasteiger partial charge < -0.3 is 20.2 Å². The number of nitrogens with zero attached hydrogens (tertiary/aromatic N) is 2. The van der Waals surface area contributed by atoms with E-state index < -0.39 is 41.6 Å². The van der Waals surface area contributed by atoms with E-state index in [9.17, 15) is 28.7 Å². The molecule has 2 aliphatic rings. The van der Waals surface area contributed by atoms with Gasteiger partial charge in [0.1, 0.15) is 17.9 Å². The van der Waals surface area contributed by atoms with Gasteiger partial charge in [-0.15, -0.1) is 0 Å². The second-order valence-corrected chi connectivity index (χ2v) is 8.14. The fourth-order valence-corrected chi connectivity index (χ4v) is 4.00. The highest BCUT2D eigenvalue weighted by atomic mass is 19.1. The maximum atomic E-state index is 13.1. The molecule has 0 aromatic heterocycles. The number of rotatable bonds is 6. The van der Waals surface area contributed by atoms with Crippen molar-refractivity contribution in [3.05, 3.63) is 30.1 Å². The highest BCUT2D eigenvalue weighted by molar-refractivity contribution is 6.01. The molecule has 2 saturated heterocycles. The van der Waals surface area contributed by atoms with Gasteiger partial charge >= 0.3 is 5.97 Å². The summed E-state index contributed by atoms with van der Waals surface area (Å²) < 4.78 is 13.1. The molecule has 8 nitrogen and oxygen atoms in total. The van der Waals surface area contributed by atoms with Crippen LogP contribution in [0, 0.1) is 17.7 Å². The molecule has 1 aromatic rings. The zero-order valence-corrected chi connectivity index (χ0v) is 17.0. The number of amides is 3. The van der Waals surface area contributed by atoms with Crippen molar-refractivity contribution >= 4 is 29.4 Å². The molecule has 0 spiro atoms. The molecular formula is C21H26FN3O5. The van der Waals surface area contributed by atoms with Crippen LogP contribution >= 0.6 is 0 Å². The lowest BCUT2D eigenvalue weighted by atomic mass is 10.00. The van der Waals surface area contributed by atoms with Crippen LogP contribution in [0.2, 0.25) is 0 Å². The number of halogens is 1. The molecule has 0 aliphatic carbocycles. The summed E-state index contributed by atoms with van der Waals surface area (Å²) >= 11 is 0. The van der Waals surface area contributed by atoms with Crippen LogP contribution in [0.5, 0.6) is 0 Å². The minimum Gasteiger partial charge on any atom is -0.480 e. The molecule has 2 N–H and O–H groups in total. The van der Waals surface area contributed by atoms with Crippen molar-refractivity contribution in [2.75, 3.05) is 18.0 Å². The number of carbonyl (C=O) groups is 4. The zero-order valence-electron chi connectivity index (χ0n) is 17.0. The van der Waals surface area contributed by atoms with Crippen molar-refractivity contribution in [3.8, 4) is 0 Å². The van der Waals surface area contributed by atoms with Crippen LogP contribution in [-0.4, -0.2) is 58.9 Å². The molecule has 1 aromatic carbocycles. The van der Waals surface area contributed by atoms with Crippen LogP contribution in [0.25, 0.3) is 0 Å². The predicted molar refractivity (Wildman–Crippen MR) is 106 cm³/mol. The normalized spacial score (nSPS) is 22.5. The van der Waals surface area contributed by atoms with E-state index in [4.69, 9.17) is 0 Å². The summed E-state index contributed by atoms with van der Waals surface area (Å²) in [5.74, 6) is -3.45. The van der Waals surface area contributed by atoms with E-state index >= 15 is 0 Å². The summed E-state index contributed by atoms with van der Waals surface area (Å²) in [4.78, 5) is 52.3. The van der Waals surface area contributed by atoms with Gasteiger partial charge in [0.2, 0.25) is 17.7 Å². The first-order chi connectivity index (χ1) is 14.2.